The predicted molar refractivity (Wildman–Crippen MR) is 72.5 cm³/mol. The molecule has 1 unspecified atom stereocenters. The van der Waals surface area contributed by atoms with Gasteiger partial charge in [-0.05, 0) is 41.1 Å². The summed E-state index contributed by atoms with van der Waals surface area (Å²) in [7, 11) is 0. The van der Waals surface area contributed by atoms with Gasteiger partial charge in [-0.3, -0.25) is 9.89 Å². The molecule has 2 N–H and O–H groups in total. The Morgan fingerprint density at radius 2 is 2.40 bits per heavy atom. The SMILES string of the molecule is CC(NC(=O)COc1ccc(F)cc1Br)c1ncn[nH]1. The van der Waals surface area contributed by atoms with Crippen LogP contribution in [0.15, 0.2) is 29.0 Å². The van der Waals surface area contributed by atoms with Crippen LogP contribution in [-0.4, -0.2) is 27.7 Å². The molecule has 106 valence electrons. The number of nitrogens with one attached hydrogen (secondary N) is 2. The fourth-order valence-corrected chi connectivity index (χ4v) is 1.98. The van der Waals surface area contributed by atoms with Crippen molar-refractivity contribution in [1.82, 2.24) is 20.5 Å². The molecule has 1 heterocycles. The summed E-state index contributed by atoms with van der Waals surface area (Å²) >= 11 is 3.16. The summed E-state index contributed by atoms with van der Waals surface area (Å²) in [5.41, 5.74) is 0. The number of aromatic nitrogens is 3. The number of ether oxygens (including phenoxy) is 1. The van der Waals surface area contributed by atoms with Crippen molar-refractivity contribution in [3.63, 3.8) is 0 Å². The van der Waals surface area contributed by atoms with Crippen LogP contribution in [0.4, 0.5) is 4.39 Å². The Labute approximate surface area is 122 Å². The largest absolute Gasteiger partial charge is 0.483 e. The molecule has 0 fully saturated rings. The highest BCUT2D eigenvalue weighted by atomic mass is 79.9. The van der Waals surface area contributed by atoms with Crippen LogP contribution >= 0.6 is 15.9 Å². The number of halogens is 2. The Kier molecular flexibility index (Phi) is 4.67. The van der Waals surface area contributed by atoms with Gasteiger partial charge >= 0.3 is 0 Å². The number of aromatic amines is 1. The molecule has 6 nitrogen and oxygen atoms in total. The van der Waals surface area contributed by atoms with Crippen molar-refractivity contribution in [1.29, 1.82) is 0 Å². The molecule has 2 rings (SSSR count). The molecule has 1 aromatic heterocycles. The maximum absolute atomic E-state index is 12.9. The van der Waals surface area contributed by atoms with Crippen LogP contribution in [0.5, 0.6) is 5.75 Å². The summed E-state index contributed by atoms with van der Waals surface area (Å²) in [6.45, 7) is 1.59. The van der Waals surface area contributed by atoms with E-state index < -0.39 is 0 Å². The number of benzene rings is 1. The van der Waals surface area contributed by atoms with Gasteiger partial charge in [0.2, 0.25) is 0 Å². The second kappa shape index (κ2) is 6.47. The zero-order valence-corrected chi connectivity index (χ0v) is 12.1. The highest BCUT2D eigenvalue weighted by molar-refractivity contribution is 9.10. The molecule has 0 spiro atoms. The zero-order chi connectivity index (χ0) is 14.5. The number of amides is 1. The van der Waals surface area contributed by atoms with Crippen molar-refractivity contribution in [3.8, 4) is 5.75 Å². The van der Waals surface area contributed by atoms with Gasteiger partial charge in [0.25, 0.3) is 5.91 Å². The van der Waals surface area contributed by atoms with E-state index in [1.165, 1.54) is 24.5 Å². The van der Waals surface area contributed by atoms with Gasteiger partial charge in [0.1, 0.15) is 23.7 Å². The lowest BCUT2D eigenvalue weighted by molar-refractivity contribution is -0.123. The van der Waals surface area contributed by atoms with Crippen molar-refractivity contribution in [3.05, 3.63) is 40.6 Å². The molecule has 0 aliphatic heterocycles. The van der Waals surface area contributed by atoms with E-state index in [0.717, 1.165) is 0 Å². The Bertz CT molecular complexity index is 591. The molecule has 0 saturated heterocycles. The van der Waals surface area contributed by atoms with Gasteiger partial charge in [-0.2, -0.15) is 5.10 Å². The number of nitrogens with zero attached hydrogens (tertiary/aromatic N) is 2. The van der Waals surface area contributed by atoms with Gasteiger partial charge in [-0.15, -0.1) is 0 Å². The van der Waals surface area contributed by atoms with E-state index in [2.05, 4.69) is 36.4 Å². The quantitative estimate of drug-likeness (QED) is 0.870. The fraction of sp³-hybridized carbons (Fsp3) is 0.250. The lowest BCUT2D eigenvalue weighted by Crippen LogP contribution is -2.31. The Balaban J connectivity index is 1.86. The van der Waals surface area contributed by atoms with Gasteiger partial charge in [-0.25, -0.2) is 9.37 Å². The van der Waals surface area contributed by atoms with E-state index in [4.69, 9.17) is 4.74 Å². The first-order valence-corrected chi connectivity index (χ1v) is 6.58. The minimum Gasteiger partial charge on any atom is -0.483 e. The Hall–Kier alpha value is -1.96. The standard InChI is InChI=1S/C12H12BrFN4O2/c1-7(12-15-6-16-18-12)17-11(19)5-20-10-3-2-8(14)4-9(10)13/h2-4,6-7H,5H2,1H3,(H,17,19)(H,15,16,18). The van der Waals surface area contributed by atoms with Gasteiger partial charge in [0, 0.05) is 0 Å². The number of rotatable bonds is 5. The first kappa shape index (κ1) is 14.4. The molecule has 0 radical (unpaired) electrons. The fourth-order valence-electron chi connectivity index (χ4n) is 1.51. The lowest BCUT2D eigenvalue weighted by atomic mass is 10.3. The van der Waals surface area contributed by atoms with Gasteiger partial charge in [0.15, 0.2) is 6.61 Å². The summed E-state index contributed by atoms with van der Waals surface area (Å²) < 4.78 is 18.6. The van der Waals surface area contributed by atoms with Crippen molar-refractivity contribution in [2.24, 2.45) is 0 Å². The highest BCUT2D eigenvalue weighted by Gasteiger charge is 2.13. The normalized spacial score (nSPS) is 11.9. The molecule has 8 heteroatoms. The van der Waals surface area contributed by atoms with Gasteiger partial charge < -0.3 is 10.1 Å². The predicted octanol–water partition coefficient (Wildman–Crippen LogP) is 1.96. The summed E-state index contributed by atoms with van der Waals surface area (Å²) in [5, 5.41) is 9.07. The molecule has 0 aliphatic carbocycles. The number of hydrogen-bond donors (Lipinski definition) is 2. The number of hydrogen-bond acceptors (Lipinski definition) is 4. The minimum atomic E-state index is -0.382. The van der Waals surface area contributed by atoms with Crippen LogP contribution in [0.1, 0.15) is 18.8 Å². The van der Waals surface area contributed by atoms with E-state index in [1.54, 1.807) is 6.92 Å². The first-order chi connectivity index (χ1) is 9.56. The number of carbonyl (C=O) groups is 1. The second-order valence-corrected chi connectivity index (χ2v) is 4.88. The molecule has 0 bridgehead atoms. The summed E-state index contributed by atoms with van der Waals surface area (Å²) in [4.78, 5) is 15.7. The van der Waals surface area contributed by atoms with E-state index in [0.29, 0.717) is 16.0 Å². The second-order valence-electron chi connectivity index (χ2n) is 4.02. The van der Waals surface area contributed by atoms with Crippen molar-refractivity contribution >= 4 is 21.8 Å². The highest BCUT2D eigenvalue weighted by Crippen LogP contribution is 2.25. The van der Waals surface area contributed by atoms with Crippen LogP contribution in [0, 0.1) is 5.82 Å². The molecule has 1 aromatic carbocycles. The van der Waals surface area contributed by atoms with E-state index in [-0.39, 0.29) is 24.4 Å². The third-order valence-electron chi connectivity index (χ3n) is 2.47. The molecule has 2 aromatic rings. The maximum Gasteiger partial charge on any atom is 0.258 e. The van der Waals surface area contributed by atoms with Crippen LogP contribution in [-0.2, 0) is 4.79 Å². The molecule has 20 heavy (non-hydrogen) atoms. The van der Waals surface area contributed by atoms with E-state index in [1.807, 2.05) is 0 Å². The Morgan fingerprint density at radius 1 is 1.60 bits per heavy atom. The smallest absolute Gasteiger partial charge is 0.258 e. The zero-order valence-electron chi connectivity index (χ0n) is 10.6. The topological polar surface area (TPSA) is 79.9 Å². The summed E-state index contributed by atoms with van der Waals surface area (Å²) in [6, 6.07) is 3.68. The molecule has 0 saturated carbocycles. The monoisotopic (exact) mass is 342 g/mol. The first-order valence-electron chi connectivity index (χ1n) is 5.78. The third kappa shape index (κ3) is 3.77. The maximum atomic E-state index is 12.9. The average molecular weight is 343 g/mol. The number of carbonyl (C=O) groups excluding carboxylic acids is 1. The van der Waals surface area contributed by atoms with Gasteiger partial charge in [-0.1, -0.05) is 0 Å². The molecule has 1 amide bonds. The summed E-state index contributed by atoms with van der Waals surface area (Å²) in [5.74, 6) is 0.257. The van der Waals surface area contributed by atoms with Crippen LogP contribution in [0.25, 0.3) is 0 Å². The van der Waals surface area contributed by atoms with Crippen molar-refractivity contribution in [2.45, 2.75) is 13.0 Å². The van der Waals surface area contributed by atoms with Crippen LogP contribution in [0.2, 0.25) is 0 Å². The van der Waals surface area contributed by atoms with Crippen molar-refractivity contribution < 1.29 is 13.9 Å². The van der Waals surface area contributed by atoms with E-state index in [9.17, 15) is 9.18 Å². The Morgan fingerprint density at radius 3 is 3.05 bits per heavy atom. The molecular weight excluding hydrogens is 331 g/mol. The number of H-pyrrole nitrogens is 1. The molecule has 0 aliphatic rings. The third-order valence-corrected chi connectivity index (χ3v) is 3.09. The molecule has 1 atom stereocenters. The van der Waals surface area contributed by atoms with Crippen molar-refractivity contribution in [2.75, 3.05) is 6.61 Å². The lowest BCUT2D eigenvalue weighted by Gasteiger charge is -2.12. The van der Waals surface area contributed by atoms with Crippen LogP contribution < -0.4 is 10.1 Å². The average Bonchev–Trinajstić information content (AvgIpc) is 2.91. The van der Waals surface area contributed by atoms with Gasteiger partial charge in [0.05, 0.1) is 10.5 Å². The molecular formula is C12H12BrFN4O2. The van der Waals surface area contributed by atoms with Crippen LogP contribution in [0.3, 0.4) is 0 Å². The van der Waals surface area contributed by atoms with E-state index >= 15 is 0 Å². The summed E-state index contributed by atoms with van der Waals surface area (Å²) in [6.07, 6.45) is 1.37. The minimum absolute atomic E-state index is 0.178.